The van der Waals surface area contributed by atoms with Gasteiger partial charge in [0.1, 0.15) is 12.0 Å². The molecule has 8 heteroatoms. The first-order chi connectivity index (χ1) is 12.7. The number of hydrogen-bond donors (Lipinski definition) is 3. The molecule has 2 aromatic carbocycles. The number of thiazole rings is 1. The van der Waals surface area contributed by atoms with Crippen LogP contribution in [-0.4, -0.2) is 15.0 Å². The summed E-state index contributed by atoms with van der Waals surface area (Å²) in [6.45, 7) is 0.582. The van der Waals surface area contributed by atoms with Crippen molar-refractivity contribution >= 4 is 55.6 Å². The molecule has 0 radical (unpaired) electrons. The number of nitrogens with one attached hydrogen (secondary N) is 2. The first-order valence-corrected chi connectivity index (χ1v) is 9.10. The minimum atomic E-state index is 0.445. The van der Waals surface area contributed by atoms with Gasteiger partial charge in [0.05, 0.1) is 10.2 Å². The number of hydrogen-bond acceptors (Lipinski definition) is 7. The molecule has 6 nitrogen and oxygen atoms in total. The van der Waals surface area contributed by atoms with E-state index in [4.69, 9.17) is 17.3 Å². The second-order valence-electron chi connectivity index (χ2n) is 5.58. The van der Waals surface area contributed by atoms with Crippen LogP contribution in [-0.2, 0) is 6.54 Å². The lowest BCUT2D eigenvalue weighted by Crippen LogP contribution is -2.08. The number of nitrogens with zero attached hydrogens (tertiary/aromatic N) is 3. The van der Waals surface area contributed by atoms with E-state index < -0.39 is 0 Å². The molecule has 0 atom stereocenters. The highest BCUT2D eigenvalue weighted by atomic mass is 35.5. The Balaban J connectivity index is 1.52. The lowest BCUT2D eigenvalue weighted by molar-refractivity contribution is 1.09. The SMILES string of the molecule is Nc1c(NCc2ccc(Cl)cc2)ncnc1Nc1nc2ccccc2s1. The maximum atomic E-state index is 6.22. The zero-order valence-corrected chi connectivity index (χ0v) is 15.2. The van der Waals surface area contributed by atoms with E-state index in [9.17, 15) is 0 Å². The summed E-state index contributed by atoms with van der Waals surface area (Å²) in [6.07, 6.45) is 1.47. The molecule has 2 heterocycles. The van der Waals surface area contributed by atoms with Crippen LogP contribution >= 0.6 is 22.9 Å². The van der Waals surface area contributed by atoms with E-state index in [2.05, 4.69) is 25.6 Å². The molecule has 130 valence electrons. The summed E-state index contributed by atoms with van der Waals surface area (Å²) in [5.74, 6) is 1.09. The van der Waals surface area contributed by atoms with E-state index in [1.165, 1.54) is 6.33 Å². The highest BCUT2D eigenvalue weighted by Gasteiger charge is 2.10. The molecule has 4 aromatic rings. The van der Waals surface area contributed by atoms with Crippen molar-refractivity contribution in [3.63, 3.8) is 0 Å². The molecule has 0 fully saturated rings. The summed E-state index contributed by atoms with van der Waals surface area (Å²) >= 11 is 7.45. The predicted molar refractivity (Wildman–Crippen MR) is 108 cm³/mol. The van der Waals surface area contributed by atoms with Gasteiger partial charge in [-0.3, -0.25) is 0 Å². The van der Waals surface area contributed by atoms with Crippen molar-refractivity contribution < 1.29 is 0 Å². The summed E-state index contributed by atoms with van der Waals surface area (Å²) in [5.41, 5.74) is 8.68. The van der Waals surface area contributed by atoms with Gasteiger partial charge in [0.15, 0.2) is 16.8 Å². The van der Waals surface area contributed by atoms with Crippen LogP contribution in [0.2, 0.25) is 5.02 Å². The van der Waals surface area contributed by atoms with Crippen molar-refractivity contribution in [2.45, 2.75) is 6.54 Å². The first kappa shape index (κ1) is 16.6. The van der Waals surface area contributed by atoms with Crippen LogP contribution < -0.4 is 16.4 Å². The van der Waals surface area contributed by atoms with E-state index in [0.717, 1.165) is 20.9 Å². The number of fused-ring (bicyclic) bond motifs is 1. The maximum Gasteiger partial charge on any atom is 0.189 e. The quantitative estimate of drug-likeness (QED) is 0.464. The summed E-state index contributed by atoms with van der Waals surface area (Å²) in [5, 5.41) is 7.85. The van der Waals surface area contributed by atoms with E-state index in [0.29, 0.717) is 28.9 Å². The lowest BCUT2D eigenvalue weighted by Gasteiger charge is -2.11. The minimum absolute atomic E-state index is 0.445. The zero-order chi connectivity index (χ0) is 17.9. The molecule has 0 saturated carbocycles. The summed E-state index contributed by atoms with van der Waals surface area (Å²) in [7, 11) is 0. The topological polar surface area (TPSA) is 88.8 Å². The Labute approximate surface area is 159 Å². The number of aromatic nitrogens is 3. The van der Waals surface area contributed by atoms with Gasteiger partial charge in [-0.1, -0.05) is 47.2 Å². The molecule has 0 amide bonds. The summed E-state index contributed by atoms with van der Waals surface area (Å²) < 4.78 is 1.10. The number of nitrogens with two attached hydrogens (primary N) is 1. The number of benzene rings is 2. The monoisotopic (exact) mass is 382 g/mol. The number of para-hydroxylation sites is 1. The van der Waals surface area contributed by atoms with Crippen LogP contribution in [0.25, 0.3) is 10.2 Å². The predicted octanol–water partition coefficient (Wildman–Crippen LogP) is 4.68. The molecule has 0 aliphatic heterocycles. The highest BCUT2D eigenvalue weighted by molar-refractivity contribution is 7.22. The van der Waals surface area contributed by atoms with Gasteiger partial charge in [-0.25, -0.2) is 15.0 Å². The lowest BCUT2D eigenvalue weighted by atomic mass is 10.2. The Morgan fingerprint density at radius 3 is 2.58 bits per heavy atom. The molecule has 0 bridgehead atoms. The van der Waals surface area contributed by atoms with Crippen LogP contribution in [0.3, 0.4) is 0 Å². The standard InChI is InChI=1S/C18H15ClN6S/c19-12-7-5-11(6-8-12)9-21-16-15(20)17(23-10-22-16)25-18-24-13-3-1-2-4-14(13)26-18/h1-8,10H,9,20H2,(H2,21,22,23,24,25). The van der Waals surface area contributed by atoms with Crippen LogP contribution in [0, 0.1) is 0 Å². The van der Waals surface area contributed by atoms with Gasteiger partial charge in [-0.2, -0.15) is 0 Å². The van der Waals surface area contributed by atoms with E-state index in [-0.39, 0.29) is 0 Å². The van der Waals surface area contributed by atoms with Crippen molar-refractivity contribution in [3.8, 4) is 0 Å². The molecule has 26 heavy (non-hydrogen) atoms. The highest BCUT2D eigenvalue weighted by Crippen LogP contribution is 2.31. The fourth-order valence-corrected chi connectivity index (χ4v) is 3.44. The van der Waals surface area contributed by atoms with Crippen molar-refractivity contribution in [1.29, 1.82) is 0 Å². The number of anilines is 4. The normalized spacial score (nSPS) is 10.8. The first-order valence-electron chi connectivity index (χ1n) is 7.90. The average molecular weight is 383 g/mol. The summed E-state index contributed by atoms with van der Waals surface area (Å²) in [4.78, 5) is 13.0. The Bertz CT molecular complexity index is 1010. The van der Waals surface area contributed by atoms with Crippen molar-refractivity contribution in [2.24, 2.45) is 0 Å². The van der Waals surface area contributed by atoms with Crippen molar-refractivity contribution in [3.05, 3.63) is 65.4 Å². The largest absolute Gasteiger partial charge is 0.393 e. The Morgan fingerprint density at radius 2 is 1.77 bits per heavy atom. The van der Waals surface area contributed by atoms with Gasteiger partial charge in [0.2, 0.25) is 0 Å². The minimum Gasteiger partial charge on any atom is -0.393 e. The van der Waals surface area contributed by atoms with Gasteiger partial charge in [-0.15, -0.1) is 0 Å². The number of halogens is 1. The number of rotatable bonds is 5. The molecule has 0 spiro atoms. The van der Waals surface area contributed by atoms with E-state index in [1.54, 1.807) is 11.3 Å². The molecule has 0 unspecified atom stereocenters. The molecule has 4 rings (SSSR count). The van der Waals surface area contributed by atoms with Crippen LogP contribution in [0.1, 0.15) is 5.56 Å². The van der Waals surface area contributed by atoms with E-state index in [1.807, 2.05) is 48.5 Å². The molecule has 2 aromatic heterocycles. The molecular weight excluding hydrogens is 368 g/mol. The van der Waals surface area contributed by atoms with Crippen LogP contribution in [0.5, 0.6) is 0 Å². The third-order valence-electron chi connectivity index (χ3n) is 3.78. The molecule has 4 N–H and O–H groups in total. The zero-order valence-electron chi connectivity index (χ0n) is 13.6. The fraction of sp³-hybridized carbons (Fsp3) is 0.0556. The van der Waals surface area contributed by atoms with Gasteiger partial charge >= 0.3 is 0 Å². The molecule has 0 saturated heterocycles. The van der Waals surface area contributed by atoms with Crippen LogP contribution in [0.15, 0.2) is 54.9 Å². The van der Waals surface area contributed by atoms with Gasteiger partial charge in [0.25, 0.3) is 0 Å². The Kier molecular flexibility index (Phi) is 4.55. The van der Waals surface area contributed by atoms with Gasteiger partial charge in [-0.05, 0) is 29.8 Å². The maximum absolute atomic E-state index is 6.22. The molecule has 0 aliphatic carbocycles. The van der Waals surface area contributed by atoms with E-state index >= 15 is 0 Å². The smallest absolute Gasteiger partial charge is 0.189 e. The van der Waals surface area contributed by atoms with Crippen LogP contribution in [0.4, 0.5) is 22.5 Å². The van der Waals surface area contributed by atoms with Gasteiger partial charge in [0, 0.05) is 11.6 Å². The second-order valence-corrected chi connectivity index (χ2v) is 7.04. The second kappa shape index (κ2) is 7.15. The molecule has 0 aliphatic rings. The average Bonchev–Trinajstić information content (AvgIpc) is 3.06. The summed E-state index contributed by atoms with van der Waals surface area (Å²) in [6, 6.07) is 15.6. The third kappa shape index (κ3) is 3.54. The Morgan fingerprint density at radius 1 is 1.00 bits per heavy atom. The van der Waals surface area contributed by atoms with Crippen molar-refractivity contribution in [1.82, 2.24) is 15.0 Å². The van der Waals surface area contributed by atoms with Gasteiger partial charge < -0.3 is 16.4 Å². The van der Waals surface area contributed by atoms with Crippen molar-refractivity contribution in [2.75, 3.05) is 16.4 Å². The fourth-order valence-electron chi connectivity index (χ4n) is 2.45. The molecular formula is C18H15ClN6S. The Hall–Kier alpha value is -2.90. The third-order valence-corrected chi connectivity index (χ3v) is 4.98. The number of nitrogen functional groups attached to an aromatic ring is 1.